The molecular weight excluding hydrogens is 347 g/mol. The van der Waals surface area contributed by atoms with Crippen LogP contribution in [0.1, 0.15) is 18.7 Å². The van der Waals surface area contributed by atoms with Crippen molar-refractivity contribution in [3.8, 4) is 0 Å². The molecule has 1 heterocycles. The first-order chi connectivity index (χ1) is 9.40. The second-order valence-corrected chi connectivity index (χ2v) is 6.77. The highest BCUT2D eigenvalue weighted by Gasteiger charge is 2.22. The van der Waals surface area contributed by atoms with Crippen molar-refractivity contribution < 1.29 is 12.8 Å². The fourth-order valence-electron chi connectivity index (χ4n) is 1.68. The molecule has 1 aromatic carbocycles. The number of nitrogens with zero attached hydrogens (tertiary/aromatic N) is 1. The second kappa shape index (κ2) is 5.99. The zero-order chi connectivity index (χ0) is 14.8. The van der Waals surface area contributed by atoms with E-state index in [1.807, 2.05) is 0 Å². The summed E-state index contributed by atoms with van der Waals surface area (Å²) in [6, 6.07) is 8.44. The summed E-state index contributed by atoms with van der Waals surface area (Å²) in [4.78, 5) is 3.68. The summed E-state index contributed by atoms with van der Waals surface area (Å²) in [5.41, 5.74) is 0.564. The van der Waals surface area contributed by atoms with Crippen LogP contribution in [-0.2, 0) is 10.0 Å². The maximum absolute atomic E-state index is 13.7. The number of nitrogens with one attached hydrogen (secondary N) is 1. The number of sulfonamides is 1. The first kappa shape index (κ1) is 15.1. The molecule has 2 aromatic rings. The van der Waals surface area contributed by atoms with Crippen molar-refractivity contribution in [1.82, 2.24) is 9.71 Å². The molecule has 106 valence electrons. The van der Waals surface area contributed by atoms with Crippen LogP contribution in [0.15, 0.2) is 52.0 Å². The summed E-state index contributed by atoms with van der Waals surface area (Å²) in [6.45, 7) is 1.65. The second-order valence-electron chi connectivity index (χ2n) is 4.17. The van der Waals surface area contributed by atoms with Crippen LogP contribution in [0.25, 0.3) is 0 Å². The molecule has 0 amide bonds. The Balaban J connectivity index is 2.28. The first-order valence-electron chi connectivity index (χ1n) is 5.78. The van der Waals surface area contributed by atoms with Crippen LogP contribution in [0.3, 0.4) is 0 Å². The number of pyridine rings is 1. The summed E-state index contributed by atoms with van der Waals surface area (Å²) in [7, 11) is -3.94. The van der Waals surface area contributed by atoms with Gasteiger partial charge in [0.25, 0.3) is 0 Å². The van der Waals surface area contributed by atoms with E-state index in [-0.39, 0.29) is 4.90 Å². The van der Waals surface area contributed by atoms with Gasteiger partial charge in [-0.05, 0) is 37.3 Å². The van der Waals surface area contributed by atoms with Crippen molar-refractivity contribution in [2.24, 2.45) is 0 Å². The molecule has 0 saturated heterocycles. The highest BCUT2D eigenvalue weighted by Crippen LogP contribution is 2.21. The number of aromatic nitrogens is 1. The predicted octanol–water partition coefficient (Wildman–Crippen LogP) is 3.02. The third kappa shape index (κ3) is 3.41. The van der Waals surface area contributed by atoms with E-state index in [9.17, 15) is 12.8 Å². The molecule has 7 heteroatoms. The molecule has 0 aliphatic carbocycles. The summed E-state index contributed by atoms with van der Waals surface area (Å²) >= 11 is 3.09. The Hall–Kier alpha value is -1.31. The zero-order valence-corrected chi connectivity index (χ0v) is 12.9. The van der Waals surface area contributed by atoms with Crippen molar-refractivity contribution >= 4 is 26.0 Å². The van der Waals surface area contributed by atoms with E-state index in [1.54, 1.807) is 31.3 Å². The van der Waals surface area contributed by atoms with Gasteiger partial charge in [0, 0.05) is 10.7 Å². The number of hydrogen-bond donors (Lipinski definition) is 1. The van der Waals surface area contributed by atoms with E-state index in [0.29, 0.717) is 10.2 Å². The van der Waals surface area contributed by atoms with Crippen LogP contribution in [0.4, 0.5) is 4.39 Å². The Morgan fingerprint density at radius 3 is 2.65 bits per heavy atom. The monoisotopic (exact) mass is 358 g/mol. The molecule has 0 fully saturated rings. The molecule has 0 saturated carbocycles. The lowest BCUT2D eigenvalue weighted by Gasteiger charge is -2.14. The standard InChI is InChI=1S/C13H12BrFN2O2S/c1-9(12-4-2-3-7-16-12)17-20(18,19)13-6-5-10(14)8-11(13)15/h2-9,17H,1H3. The van der Waals surface area contributed by atoms with Crippen molar-refractivity contribution in [2.45, 2.75) is 17.9 Å². The Morgan fingerprint density at radius 2 is 2.05 bits per heavy atom. The highest BCUT2D eigenvalue weighted by atomic mass is 79.9. The summed E-state index contributed by atoms with van der Waals surface area (Å²) < 4.78 is 40.9. The van der Waals surface area contributed by atoms with Gasteiger partial charge in [0.15, 0.2) is 0 Å². The van der Waals surface area contributed by atoms with Gasteiger partial charge in [-0.3, -0.25) is 4.98 Å². The first-order valence-corrected chi connectivity index (χ1v) is 8.06. The van der Waals surface area contributed by atoms with E-state index in [0.717, 1.165) is 6.07 Å². The largest absolute Gasteiger partial charge is 0.260 e. The minimum Gasteiger partial charge on any atom is -0.260 e. The summed E-state index contributed by atoms with van der Waals surface area (Å²) in [5.74, 6) is -0.805. The fraction of sp³-hybridized carbons (Fsp3) is 0.154. The molecule has 0 bridgehead atoms. The lowest BCUT2D eigenvalue weighted by Crippen LogP contribution is -2.28. The molecule has 0 spiro atoms. The smallest absolute Gasteiger partial charge is 0.244 e. The zero-order valence-electron chi connectivity index (χ0n) is 10.5. The quantitative estimate of drug-likeness (QED) is 0.913. The van der Waals surface area contributed by atoms with E-state index < -0.39 is 21.9 Å². The Morgan fingerprint density at radius 1 is 1.30 bits per heavy atom. The van der Waals surface area contributed by atoms with Gasteiger partial charge < -0.3 is 0 Å². The number of benzene rings is 1. The van der Waals surface area contributed by atoms with E-state index >= 15 is 0 Å². The van der Waals surface area contributed by atoms with E-state index in [4.69, 9.17) is 0 Å². The van der Waals surface area contributed by atoms with Gasteiger partial charge in [0.1, 0.15) is 10.7 Å². The topological polar surface area (TPSA) is 59.1 Å². The van der Waals surface area contributed by atoms with Gasteiger partial charge in [0.2, 0.25) is 10.0 Å². The maximum atomic E-state index is 13.7. The average molecular weight is 359 g/mol. The van der Waals surface area contributed by atoms with Crippen LogP contribution in [0.5, 0.6) is 0 Å². The molecule has 4 nitrogen and oxygen atoms in total. The van der Waals surface area contributed by atoms with Gasteiger partial charge in [-0.1, -0.05) is 22.0 Å². The molecule has 1 N–H and O–H groups in total. The van der Waals surface area contributed by atoms with E-state index in [2.05, 4.69) is 25.6 Å². The minimum absolute atomic E-state index is 0.386. The van der Waals surface area contributed by atoms with Crippen LogP contribution >= 0.6 is 15.9 Å². The molecule has 1 unspecified atom stereocenters. The minimum atomic E-state index is -3.94. The average Bonchev–Trinajstić information content (AvgIpc) is 2.38. The Labute approximate surface area is 125 Å². The lowest BCUT2D eigenvalue weighted by molar-refractivity contribution is 0.544. The van der Waals surface area contributed by atoms with Crippen molar-refractivity contribution in [1.29, 1.82) is 0 Å². The molecule has 0 aliphatic rings. The van der Waals surface area contributed by atoms with Gasteiger partial charge >= 0.3 is 0 Å². The molecule has 1 atom stereocenters. The Bertz CT molecular complexity index is 708. The van der Waals surface area contributed by atoms with Gasteiger partial charge in [-0.25, -0.2) is 17.5 Å². The maximum Gasteiger partial charge on any atom is 0.244 e. The normalized spacial score (nSPS) is 13.2. The molecule has 0 aliphatic heterocycles. The van der Waals surface area contributed by atoms with Crippen molar-refractivity contribution in [3.63, 3.8) is 0 Å². The summed E-state index contributed by atoms with van der Waals surface area (Å²) in [5, 5.41) is 0. The fourth-order valence-corrected chi connectivity index (χ4v) is 3.29. The van der Waals surface area contributed by atoms with Gasteiger partial charge in [-0.15, -0.1) is 0 Å². The lowest BCUT2D eigenvalue weighted by atomic mass is 10.2. The van der Waals surface area contributed by atoms with Gasteiger partial charge in [0.05, 0.1) is 11.7 Å². The molecule has 0 radical (unpaired) electrons. The summed E-state index contributed by atoms with van der Waals surface area (Å²) in [6.07, 6.45) is 1.57. The number of rotatable bonds is 4. The van der Waals surface area contributed by atoms with E-state index in [1.165, 1.54) is 12.1 Å². The van der Waals surface area contributed by atoms with Crippen LogP contribution < -0.4 is 4.72 Å². The van der Waals surface area contributed by atoms with Gasteiger partial charge in [-0.2, -0.15) is 0 Å². The SMILES string of the molecule is CC(NS(=O)(=O)c1ccc(Br)cc1F)c1ccccn1. The molecule has 20 heavy (non-hydrogen) atoms. The third-order valence-electron chi connectivity index (χ3n) is 2.65. The molecule has 2 rings (SSSR count). The molecular formula is C13H12BrFN2O2S. The number of halogens is 2. The van der Waals surface area contributed by atoms with Crippen molar-refractivity contribution in [2.75, 3.05) is 0 Å². The Kier molecular flexibility index (Phi) is 4.52. The van der Waals surface area contributed by atoms with Crippen LogP contribution in [0.2, 0.25) is 0 Å². The number of hydrogen-bond acceptors (Lipinski definition) is 3. The highest BCUT2D eigenvalue weighted by molar-refractivity contribution is 9.10. The predicted molar refractivity (Wildman–Crippen MR) is 77.1 cm³/mol. The van der Waals surface area contributed by atoms with Crippen molar-refractivity contribution in [3.05, 3.63) is 58.6 Å². The third-order valence-corrected chi connectivity index (χ3v) is 4.71. The van der Waals surface area contributed by atoms with Crippen LogP contribution in [0, 0.1) is 5.82 Å². The van der Waals surface area contributed by atoms with Crippen LogP contribution in [-0.4, -0.2) is 13.4 Å². The molecule has 1 aromatic heterocycles.